The first kappa shape index (κ1) is 16.6. The fraction of sp³-hybridized carbons (Fsp3) is 0.222. The largest absolute Gasteiger partial charge is 0.350 e. The summed E-state index contributed by atoms with van der Waals surface area (Å²) in [6.45, 7) is 2.35. The first-order chi connectivity index (χ1) is 12.0. The molecule has 128 valence electrons. The van der Waals surface area contributed by atoms with Gasteiger partial charge in [-0.25, -0.2) is 0 Å². The Kier molecular flexibility index (Phi) is 4.47. The number of nitro groups is 1. The van der Waals surface area contributed by atoms with Crippen LogP contribution >= 0.6 is 0 Å². The van der Waals surface area contributed by atoms with Gasteiger partial charge >= 0.3 is 0 Å². The number of hydrogen-bond acceptors (Lipinski definition) is 4. The van der Waals surface area contributed by atoms with Gasteiger partial charge < -0.3 is 10.2 Å². The molecule has 0 fully saturated rings. The lowest BCUT2D eigenvalue weighted by atomic mass is 10.0. The van der Waals surface area contributed by atoms with Gasteiger partial charge in [0.1, 0.15) is 0 Å². The summed E-state index contributed by atoms with van der Waals surface area (Å²) in [7, 11) is 0. The summed E-state index contributed by atoms with van der Waals surface area (Å²) in [5.41, 5.74) is 2.10. The molecule has 0 saturated heterocycles. The van der Waals surface area contributed by atoms with Crippen molar-refractivity contribution in [2.45, 2.75) is 13.3 Å². The molecule has 0 spiro atoms. The van der Waals surface area contributed by atoms with Gasteiger partial charge in [-0.1, -0.05) is 24.3 Å². The molecular weight excluding hydrogens is 322 g/mol. The molecule has 0 unspecified atom stereocenters. The van der Waals surface area contributed by atoms with Crippen LogP contribution in [0, 0.1) is 17.0 Å². The number of para-hydroxylation sites is 1. The molecule has 1 heterocycles. The number of nitrogens with one attached hydrogen (secondary N) is 1. The van der Waals surface area contributed by atoms with Gasteiger partial charge in [0, 0.05) is 24.7 Å². The standard InChI is InChI=1S/C18H17N3O4/c1-12-13(5-4-8-15(12)21(24)25)11-17(22)20-10-9-19-18(23)14-6-2-3-7-16(14)20/h2-8H,9-11H2,1H3,(H,19,23). The summed E-state index contributed by atoms with van der Waals surface area (Å²) in [4.78, 5) is 37.1. The van der Waals surface area contributed by atoms with Crippen molar-refractivity contribution in [3.05, 3.63) is 69.3 Å². The maximum Gasteiger partial charge on any atom is 0.272 e. The molecule has 0 atom stereocenters. The summed E-state index contributed by atoms with van der Waals surface area (Å²) < 4.78 is 0. The van der Waals surface area contributed by atoms with Crippen LogP contribution in [0.3, 0.4) is 0 Å². The lowest BCUT2D eigenvalue weighted by Crippen LogP contribution is -2.36. The van der Waals surface area contributed by atoms with E-state index in [1.807, 2.05) is 0 Å². The van der Waals surface area contributed by atoms with E-state index < -0.39 is 4.92 Å². The molecule has 1 aliphatic heterocycles. The molecular formula is C18H17N3O4. The molecule has 0 radical (unpaired) electrons. The SMILES string of the molecule is Cc1c(CC(=O)N2CCNC(=O)c3ccccc32)cccc1[N+](=O)[O-]. The number of fused-ring (bicyclic) bond motifs is 1. The second kappa shape index (κ2) is 6.72. The summed E-state index contributed by atoms with van der Waals surface area (Å²) in [6, 6.07) is 11.6. The first-order valence-corrected chi connectivity index (χ1v) is 7.89. The number of rotatable bonds is 3. The Morgan fingerprint density at radius 1 is 1.24 bits per heavy atom. The number of carbonyl (C=O) groups is 2. The minimum Gasteiger partial charge on any atom is -0.350 e. The number of nitro benzene ring substituents is 1. The van der Waals surface area contributed by atoms with E-state index in [9.17, 15) is 19.7 Å². The number of amides is 2. The number of carbonyl (C=O) groups excluding carboxylic acids is 2. The summed E-state index contributed by atoms with van der Waals surface area (Å²) in [6.07, 6.45) is 0.0377. The number of nitrogens with zero attached hydrogens (tertiary/aromatic N) is 2. The van der Waals surface area contributed by atoms with Crippen LogP contribution < -0.4 is 10.2 Å². The van der Waals surface area contributed by atoms with Crippen LogP contribution in [0.25, 0.3) is 0 Å². The average molecular weight is 339 g/mol. The lowest BCUT2D eigenvalue weighted by Gasteiger charge is -2.22. The van der Waals surface area contributed by atoms with E-state index in [1.54, 1.807) is 48.2 Å². The third-order valence-electron chi connectivity index (χ3n) is 4.32. The van der Waals surface area contributed by atoms with E-state index in [2.05, 4.69) is 5.32 Å². The van der Waals surface area contributed by atoms with Crippen molar-refractivity contribution in [3.8, 4) is 0 Å². The molecule has 7 nitrogen and oxygen atoms in total. The quantitative estimate of drug-likeness (QED) is 0.685. The molecule has 3 rings (SSSR count). The van der Waals surface area contributed by atoms with E-state index in [1.165, 1.54) is 6.07 Å². The van der Waals surface area contributed by atoms with E-state index >= 15 is 0 Å². The van der Waals surface area contributed by atoms with Crippen LogP contribution in [-0.4, -0.2) is 29.8 Å². The van der Waals surface area contributed by atoms with Crippen molar-refractivity contribution in [3.63, 3.8) is 0 Å². The summed E-state index contributed by atoms with van der Waals surface area (Å²) >= 11 is 0. The molecule has 0 aliphatic carbocycles. The minimum atomic E-state index is -0.451. The van der Waals surface area contributed by atoms with E-state index in [-0.39, 0.29) is 23.9 Å². The van der Waals surface area contributed by atoms with Gasteiger partial charge in [-0.2, -0.15) is 0 Å². The fourth-order valence-corrected chi connectivity index (χ4v) is 2.97. The first-order valence-electron chi connectivity index (χ1n) is 7.89. The Bertz CT molecular complexity index is 863. The number of anilines is 1. The smallest absolute Gasteiger partial charge is 0.272 e. The highest BCUT2D eigenvalue weighted by Crippen LogP contribution is 2.25. The summed E-state index contributed by atoms with van der Waals surface area (Å²) in [5.74, 6) is -0.412. The Labute approximate surface area is 144 Å². The number of benzene rings is 2. The predicted octanol–water partition coefficient (Wildman–Crippen LogP) is 2.22. The van der Waals surface area contributed by atoms with Crippen molar-refractivity contribution >= 4 is 23.2 Å². The van der Waals surface area contributed by atoms with Crippen molar-refractivity contribution < 1.29 is 14.5 Å². The van der Waals surface area contributed by atoms with Crippen LogP contribution in [0.5, 0.6) is 0 Å². The van der Waals surface area contributed by atoms with Crippen molar-refractivity contribution in [2.75, 3.05) is 18.0 Å². The van der Waals surface area contributed by atoms with E-state index in [0.717, 1.165) is 0 Å². The molecule has 0 saturated carbocycles. The molecule has 2 aromatic carbocycles. The maximum atomic E-state index is 12.8. The van der Waals surface area contributed by atoms with E-state index in [0.29, 0.717) is 35.5 Å². The predicted molar refractivity (Wildman–Crippen MR) is 92.7 cm³/mol. The summed E-state index contributed by atoms with van der Waals surface area (Å²) in [5, 5.41) is 13.8. The molecule has 0 aromatic heterocycles. The van der Waals surface area contributed by atoms with Gasteiger partial charge in [0.15, 0.2) is 0 Å². The highest BCUT2D eigenvalue weighted by Gasteiger charge is 2.25. The van der Waals surface area contributed by atoms with Crippen LogP contribution in [0.15, 0.2) is 42.5 Å². The Morgan fingerprint density at radius 2 is 2.00 bits per heavy atom. The maximum absolute atomic E-state index is 12.8. The van der Waals surface area contributed by atoms with Crippen LogP contribution in [0.1, 0.15) is 21.5 Å². The minimum absolute atomic E-state index is 0.00147. The average Bonchev–Trinajstić information content (AvgIpc) is 2.76. The lowest BCUT2D eigenvalue weighted by molar-refractivity contribution is -0.385. The van der Waals surface area contributed by atoms with Gasteiger partial charge in [-0.15, -0.1) is 0 Å². The zero-order valence-electron chi connectivity index (χ0n) is 13.7. The molecule has 1 N–H and O–H groups in total. The van der Waals surface area contributed by atoms with Crippen molar-refractivity contribution in [2.24, 2.45) is 0 Å². The van der Waals surface area contributed by atoms with Crippen LogP contribution in [-0.2, 0) is 11.2 Å². The third kappa shape index (κ3) is 3.21. The highest BCUT2D eigenvalue weighted by atomic mass is 16.6. The zero-order valence-corrected chi connectivity index (χ0v) is 13.7. The van der Waals surface area contributed by atoms with E-state index in [4.69, 9.17) is 0 Å². The monoisotopic (exact) mass is 339 g/mol. The molecule has 25 heavy (non-hydrogen) atoms. The Morgan fingerprint density at radius 3 is 2.76 bits per heavy atom. The zero-order chi connectivity index (χ0) is 18.0. The molecule has 7 heteroatoms. The van der Waals surface area contributed by atoms with Gasteiger partial charge in [0.05, 0.1) is 22.6 Å². The van der Waals surface area contributed by atoms with Crippen LogP contribution in [0.2, 0.25) is 0 Å². The molecule has 0 bridgehead atoms. The normalized spacial score (nSPS) is 13.6. The second-order valence-corrected chi connectivity index (χ2v) is 5.81. The molecule has 2 amide bonds. The van der Waals surface area contributed by atoms with Gasteiger partial charge in [0.2, 0.25) is 5.91 Å². The Hall–Kier alpha value is -3.22. The van der Waals surface area contributed by atoms with Gasteiger partial charge in [0.25, 0.3) is 11.6 Å². The fourth-order valence-electron chi connectivity index (χ4n) is 2.97. The molecule has 2 aromatic rings. The second-order valence-electron chi connectivity index (χ2n) is 5.81. The molecule has 1 aliphatic rings. The van der Waals surface area contributed by atoms with Crippen LogP contribution in [0.4, 0.5) is 11.4 Å². The van der Waals surface area contributed by atoms with Crippen molar-refractivity contribution in [1.82, 2.24) is 5.32 Å². The topological polar surface area (TPSA) is 92.6 Å². The van der Waals surface area contributed by atoms with Gasteiger partial charge in [-0.3, -0.25) is 19.7 Å². The Balaban J connectivity index is 1.92. The third-order valence-corrected chi connectivity index (χ3v) is 4.32. The van der Waals surface area contributed by atoms with Crippen molar-refractivity contribution in [1.29, 1.82) is 0 Å². The number of hydrogen-bond donors (Lipinski definition) is 1. The highest BCUT2D eigenvalue weighted by molar-refractivity contribution is 6.06. The van der Waals surface area contributed by atoms with Gasteiger partial charge in [-0.05, 0) is 24.6 Å².